The van der Waals surface area contributed by atoms with Crippen LogP contribution in [-0.2, 0) is 0 Å². The van der Waals surface area contributed by atoms with Gasteiger partial charge >= 0.3 is 0 Å². The summed E-state index contributed by atoms with van der Waals surface area (Å²) in [5.74, 6) is 2.06. The number of thioether (sulfide) groups is 1. The summed E-state index contributed by atoms with van der Waals surface area (Å²) in [4.78, 5) is 2.26. The lowest BCUT2D eigenvalue weighted by atomic mass is 10.0. The van der Waals surface area contributed by atoms with E-state index in [0.29, 0.717) is 0 Å². The molecule has 0 spiro atoms. The third-order valence-corrected chi connectivity index (χ3v) is 3.67. The third kappa shape index (κ3) is 3.82. The Bertz CT molecular complexity index is 369. The predicted octanol–water partition coefficient (Wildman–Crippen LogP) is 2.90. The second-order valence-corrected chi connectivity index (χ2v) is 5.44. The van der Waals surface area contributed by atoms with Crippen LogP contribution in [0.2, 0.25) is 0 Å². The van der Waals surface area contributed by atoms with Crippen LogP contribution in [0.5, 0.6) is 5.75 Å². The summed E-state index contributed by atoms with van der Waals surface area (Å²) in [7, 11) is 3.81. The molecule has 1 aromatic carbocycles. The molecule has 4 heteroatoms. The molecule has 1 atom stereocenters. The van der Waals surface area contributed by atoms with Gasteiger partial charge in [0.2, 0.25) is 0 Å². The minimum absolute atomic E-state index is 0.0286. The van der Waals surface area contributed by atoms with Gasteiger partial charge in [0.05, 0.1) is 7.11 Å². The molecule has 0 aliphatic rings. The van der Waals surface area contributed by atoms with Crippen LogP contribution in [0.25, 0.3) is 0 Å². The molecule has 2 N–H and O–H groups in total. The maximum Gasteiger partial charge on any atom is 0.125 e. The molecular weight excluding hydrogens is 244 g/mol. The summed E-state index contributed by atoms with van der Waals surface area (Å²) in [5.41, 5.74) is 8.33. The van der Waals surface area contributed by atoms with Gasteiger partial charge in [-0.3, -0.25) is 0 Å². The van der Waals surface area contributed by atoms with Crippen molar-refractivity contribution in [1.29, 1.82) is 0 Å². The zero-order valence-corrected chi connectivity index (χ0v) is 12.6. The second kappa shape index (κ2) is 7.54. The molecule has 0 amide bonds. The summed E-state index contributed by atoms with van der Waals surface area (Å²) in [6, 6.07) is 6.07. The molecule has 0 aliphatic carbocycles. The molecule has 102 valence electrons. The highest BCUT2D eigenvalue weighted by Crippen LogP contribution is 2.33. The van der Waals surface area contributed by atoms with Crippen LogP contribution in [0, 0.1) is 0 Å². The van der Waals surface area contributed by atoms with Crippen LogP contribution in [0.3, 0.4) is 0 Å². The molecule has 1 unspecified atom stereocenters. The Morgan fingerprint density at radius 2 is 2.17 bits per heavy atom. The van der Waals surface area contributed by atoms with Gasteiger partial charge in [-0.15, -0.1) is 0 Å². The fourth-order valence-electron chi connectivity index (χ4n) is 2.07. The molecule has 0 radical (unpaired) electrons. The summed E-state index contributed by atoms with van der Waals surface area (Å²) in [6.45, 7) is 3.03. The van der Waals surface area contributed by atoms with E-state index in [-0.39, 0.29) is 6.04 Å². The van der Waals surface area contributed by atoms with Crippen LogP contribution in [0.4, 0.5) is 5.69 Å². The van der Waals surface area contributed by atoms with Crippen LogP contribution < -0.4 is 15.4 Å². The number of ether oxygens (including phenoxy) is 1. The monoisotopic (exact) mass is 268 g/mol. The van der Waals surface area contributed by atoms with E-state index in [1.165, 1.54) is 17.9 Å². The SMILES string of the molecule is COc1cccc(N(C)CCCSC)c1C(C)N. The Morgan fingerprint density at radius 1 is 1.44 bits per heavy atom. The zero-order chi connectivity index (χ0) is 13.5. The van der Waals surface area contributed by atoms with E-state index in [2.05, 4.69) is 24.3 Å². The molecule has 0 aromatic heterocycles. The van der Waals surface area contributed by atoms with Crippen molar-refractivity contribution in [1.82, 2.24) is 0 Å². The Hall–Kier alpha value is -0.870. The first-order valence-electron chi connectivity index (χ1n) is 6.24. The van der Waals surface area contributed by atoms with E-state index in [4.69, 9.17) is 10.5 Å². The summed E-state index contributed by atoms with van der Waals surface area (Å²) < 4.78 is 5.41. The maximum absolute atomic E-state index is 6.07. The zero-order valence-electron chi connectivity index (χ0n) is 11.8. The molecule has 0 fully saturated rings. The Balaban J connectivity index is 2.92. The van der Waals surface area contributed by atoms with E-state index in [1.807, 2.05) is 30.8 Å². The van der Waals surface area contributed by atoms with Crippen LogP contribution >= 0.6 is 11.8 Å². The second-order valence-electron chi connectivity index (χ2n) is 4.45. The van der Waals surface area contributed by atoms with Gasteiger partial charge in [0.15, 0.2) is 0 Å². The molecule has 0 heterocycles. The lowest BCUT2D eigenvalue weighted by molar-refractivity contribution is 0.407. The Morgan fingerprint density at radius 3 is 2.72 bits per heavy atom. The van der Waals surface area contributed by atoms with Gasteiger partial charge in [-0.1, -0.05) is 6.07 Å². The summed E-state index contributed by atoms with van der Waals surface area (Å²) in [5, 5.41) is 0. The number of methoxy groups -OCH3 is 1. The van der Waals surface area contributed by atoms with Crippen molar-refractivity contribution in [3.63, 3.8) is 0 Å². The molecule has 0 aliphatic heterocycles. The number of benzene rings is 1. The lowest BCUT2D eigenvalue weighted by Gasteiger charge is -2.25. The lowest BCUT2D eigenvalue weighted by Crippen LogP contribution is -2.22. The van der Waals surface area contributed by atoms with Gasteiger partial charge in [-0.25, -0.2) is 0 Å². The van der Waals surface area contributed by atoms with Gasteiger partial charge in [0, 0.05) is 30.9 Å². The molecular formula is C14H24N2OS. The first-order valence-corrected chi connectivity index (χ1v) is 7.63. The third-order valence-electron chi connectivity index (χ3n) is 2.97. The molecule has 0 bridgehead atoms. The van der Waals surface area contributed by atoms with Gasteiger partial charge in [0.1, 0.15) is 5.75 Å². The highest BCUT2D eigenvalue weighted by molar-refractivity contribution is 7.98. The smallest absolute Gasteiger partial charge is 0.125 e. The molecule has 3 nitrogen and oxygen atoms in total. The van der Waals surface area contributed by atoms with Crippen molar-refractivity contribution in [2.24, 2.45) is 5.73 Å². The van der Waals surface area contributed by atoms with E-state index in [1.54, 1.807) is 7.11 Å². The largest absolute Gasteiger partial charge is 0.496 e. The van der Waals surface area contributed by atoms with Crippen LogP contribution in [0.15, 0.2) is 18.2 Å². The first kappa shape index (κ1) is 15.2. The summed E-state index contributed by atoms with van der Waals surface area (Å²) >= 11 is 1.88. The normalized spacial score (nSPS) is 12.3. The first-order chi connectivity index (χ1) is 8.61. The Labute approximate surface area is 115 Å². The number of hydrogen-bond donors (Lipinski definition) is 1. The summed E-state index contributed by atoms with van der Waals surface area (Å²) in [6.07, 6.45) is 3.31. The van der Waals surface area contributed by atoms with E-state index >= 15 is 0 Å². The van der Waals surface area contributed by atoms with E-state index < -0.39 is 0 Å². The number of rotatable bonds is 7. The van der Waals surface area contributed by atoms with Crippen molar-refractivity contribution in [3.8, 4) is 5.75 Å². The average molecular weight is 268 g/mol. The van der Waals surface area contributed by atoms with Crippen LogP contribution in [0.1, 0.15) is 24.9 Å². The quantitative estimate of drug-likeness (QED) is 0.772. The van der Waals surface area contributed by atoms with E-state index in [0.717, 1.165) is 17.9 Å². The molecule has 1 aromatic rings. The fourth-order valence-corrected chi connectivity index (χ4v) is 2.49. The molecule has 1 rings (SSSR count). The van der Waals surface area contributed by atoms with E-state index in [9.17, 15) is 0 Å². The number of anilines is 1. The maximum atomic E-state index is 6.07. The van der Waals surface area contributed by atoms with Gasteiger partial charge in [-0.05, 0) is 37.5 Å². The minimum Gasteiger partial charge on any atom is -0.496 e. The highest BCUT2D eigenvalue weighted by Gasteiger charge is 2.15. The van der Waals surface area contributed by atoms with Crippen molar-refractivity contribution in [2.45, 2.75) is 19.4 Å². The number of nitrogens with two attached hydrogens (primary N) is 1. The van der Waals surface area contributed by atoms with Gasteiger partial charge < -0.3 is 15.4 Å². The van der Waals surface area contributed by atoms with Crippen molar-refractivity contribution < 1.29 is 4.74 Å². The van der Waals surface area contributed by atoms with Crippen LogP contribution in [-0.4, -0.2) is 32.7 Å². The predicted molar refractivity (Wildman–Crippen MR) is 81.9 cm³/mol. The highest BCUT2D eigenvalue weighted by atomic mass is 32.2. The van der Waals surface area contributed by atoms with Crippen molar-refractivity contribution >= 4 is 17.4 Å². The van der Waals surface area contributed by atoms with Crippen molar-refractivity contribution in [2.75, 3.05) is 37.6 Å². The Kier molecular flexibility index (Phi) is 6.36. The number of nitrogens with zero attached hydrogens (tertiary/aromatic N) is 1. The number of hydrogen-bond acceptors (Lipinski definition) is 4. The molecule has 18 heavy (non-hydrogen) atoms. The van der Waals surface area contributed by atoms with Crippen molar-refractivity contribution in [3.05, 3.63) is 23.8 Å². The fraction of sp³-hybridized carbons (Fsp3) is 0.571. The minimum atomic E-state index is -0.0286. The van der Waals surface area contributed by atoms with Gasteiger partial charge in [-0.2, -0.15) is 11.8 Å². The van der Waals surface area contributed by atoms with Gasteiger partial charge in [0.25, 0.3) is 0 Å². The standard InChI is InChI=1S/C14H24N2OS/c1-11(15)14-12(7-5-8-13(14)17-3)16(2)9-6-10-18-4/h5,7-8,11H,6,9-10,15H2,1-4H3. The molecule has 0 saturated carbocycles. The average Bonchev–Trinajstić information content (AvgIpc) is 2.37. The molecule has 0 saturated heterocycles. The topological polar surface area (TPSA) is 38.5 Å².